The van der Waals surface area contributed by atoms with Crippen LogP contribution >= 0.6 is 0 Å². The van der Waals surface area contributed by atoms with Gasteiger partial charge in [-0.15, -0.1) is 20.4 Å². The Bertz CT molecular complexity index is 1300. The summed E-state index contributed by atoms with van der Waals surface area (Å²) in [6.07, 6.45) is 12.4. The molecule has 0 aromatic carbocycles. The van der Waals surface area contributed by atoms with E-state index in [1.54, 1.807) is 13.8 Å². The Labute approximate surface area is 252 Å². The topological polar surface area (TPSA) is 154 Å². The fourth-order valence-corrected chi connectivity index (χ4v) is 5.54. The van der Waals surface area contributed by atoms with Crippen molar-refractivity contribution in [1.82, 2.24) is 29.5 Å². The standard InChI is InChI=1S/C31H44N8O4/c1-5-7-12-16-22(40)20(3)26-28(42)38-24(34-36-30(38)32-26)18-14-10-9-11-15-19-25-35-37-31-33-27(29(43)39(25)31)21(4)23(41)17-13-8-6-2/h20-21H,5-19H2,1-4H3/t20-,21-/m1/s1. The molecule has 0 saturated carbocycles. The van der Waals surface area contributed by atoms with E-state index in [-0.39, 0.29) is 46.7 Å². The van der Waals surface area contributed by atoms with Crippen LogP contribution in [0.1, 0.15) is 132 Å². The van der Waals surface area contributed by atoms with E-state index in [1.165, 1.54) is 9.13 Å². The first-order chi connectivity index (χ1) is 20.8. The van der Waals surface area contributed by atoms with Gasteiger partial charge in [0.1, 0.15) is 34.6 Å². The second-order valence-electron chi connectivity index (χ2n) is 11.7. The second-order valence-corrected chi connectivity index (χ2v) is 11.7. The molecule has 0 saturated heterocycles. The molecule has 0 N–H and O–H groups in total. The van der Waals surface area contributed by atoms with Gasteiger partial charge in [0.15, 0.2) is 0 Å². The minimum atomic E-state index is -0.541. The van der Waals surface area contributed by atoms with Gasteiger partial charge >= 0.3 is 0 Å². The molecular weight excluding hydrogens is 548 g/mol. The lowest BCUT2D eigenvalue weighted by atomic mass is 9.96. The molecule has 0 aliphatic carbocycles. The summed E-state index contributed by atoms with van der Waals surface area (Å²) < 4.78 is 2.90. The monoisotopic (exact) mass is 592 g/mol. The Morgan fingerprint density at radius 2 is 0.977 bits per heavy atom. The van der Waals surface area contributed by atoms with Gasteiger partial charge in [-0.3, -0.25) is 19.2 Å². The highest BCUT2D eigenvalue weighted by atomic mass is 16.2. The van der Waals surface area contributed by atoms with Gasteiger partial charge in [-0.25, -0.2) is 19.1 Å². The van der Waals surface area contributed by atoms with Crippen LogP contribution in [0.15, 0.2) is 9.98 Å². The molecule has 12 nitrogen and oxygen atoms in total. The summed E-state index contributed by atoms with van der Waals surface area (Å²) in [5.41, 5.74) is 0.522. The number of ketones is 2. The number of carbonyl (C=O) groups excluding carboxylic acids is 4. The highest BCUT2D eigenvalue weighted by Crippen LogP contribution is 2.26. The first kappa shape index (κ1) is 32.2. The first-order valence-corrected chi connectivity index (χ1v) is 16.0. The molecule has 2 atom stereocenters. The lowest BCUT2D eigenvalue weighted by Crippen LogP contribution is -2.29. The second kappa shape index (κ2) is 15.2. The zero-order valence-corrected chi connectivity index (χ0v) is 26.0. The van der Waals surface area contributed by atoms with Crippen LogP contribution < -0.4 is 0 Å². The number of aliphatic imine (C=N–C) groups is 2. The summed E-state index contributed by atoms with van der Waals surface area (Å²) in [4.78, 5) is 59.8. The normalized spacial score (nSPS) is 15.3. The molecule has 0 fully saturated rings. The lowest BCUT2D eigenvalue weighted by Gasteiger charge is -2.10. The molecule has 43 heavy (non-hydrogen) atoms. The van der Waals surface area contributed by atoms with E-state index in [9.17, 15) is 19.2 Å². The van der Waals surface area contributed by atoms with Crippen molar-refractivity contribution in [3.63, 3.8) is 0 Å². The zero-order chi connectivity index (χ0) is 30.9. The van der Waals surface area contributed by atoms with Crippen LogP contribution in [0.2, 0.25) is 0 Å². The Kier molecular flexibility index (Phi) is 11.4. The number of aryl methyl sites for hydroxylation is 2. The van der Waals surface area contributed by atoms with Crippen molar-refractivity contribution < 1.29 is 19.2 Å². The molecule has 0 radical (unpaired) electrons. The first-order valence-electron chi connectivity index (χ1n) is 16.0. The third-order valence-corrected chi connectivity index (χ3v) is 8.35. The van der Waals surface area contributed by atoms with Crippen LogP contribution in [-0.2, 0) is 22.4 Å². The van der Waals surface area contributed by atoms with E-state index in [1.807, 2.05) is 0 Å². The number of hydrogen-bond acceptors (Lipinski definition) is 10. The summed E-state index contributed by atoms with van der Waals surface area (Å²) in [6, 6.07) is 0. The van der Waals surface area contributed by atoms with Crippen molar-refractivity contribution in [3.05, 3.63) is 11.6 Å². The Hall–Kier alpha value is -3.70. The fourth-order valence-electron chi connectivity index (χ4n) is 5.54. The Morgan fingerprint density at radius 3 is 1.37 bits per heavy atom. The molecule has 4 heterocycles. The molecule has 4 rings (SSSR count). The summed E-state index contributed by atoms with van der Waals surface area (Å²) in [7, 11) is 0. The largest absolute Gasteiger partial charge is 0.299 e. The third kappa shape index (κ3) is 7.45. The zero-order valence-electron chi connectivity index (χ0n) is 26.0. The number of carbonyl (C=O) groups is 4. The highest BCUT2D eigenvalue weighted by Gasteiger charge is 2.36. The average Bonchev–Trinajstić information content (AvgIpc) is 3.75. The van der Waals surface area contributed by atoms with E-state index >= 15 is 0 Å². The summed E-state index contributed by atoms with van der Waals surface area (Å²) in [6.45, 7) is 7.67. The van der Waals surface area contributed by atoms with Gasteiger partial charge < -0.3 is 0 Å². The maximum atomic E-state index is 13.0. The van der Waals surface area contributed by atoms with Gasteiger partial charge in [0, 0.05) is 25.7 Å². The predicted molar refractivity (Wildman–Crippen MR) is 163 cm³/mol. The quantitative estimate of drug-likeness (QED) is 0.179. The molecule has 12 heteroatoms. The summed E-state index contributed by atoms with van der Waals surface area (Å²) in [5, 5.41) is 16.5. The Balaban J connectivity index is 1.17. The molecule has 2 aromatic heterocycles. The number of rotatable bonds is 20. The molecule has 2 aliphatic heterocycles. The van der Waals surface area contributed by atoms with Crippen molar-refractivity contribution in [2.45, 2.75) is 124 Å². The molecule has 2 aromatic rings. The molecular formula is C31H44N8O4. The van der Waals surface area contributed by atoms with Gasteiger partial charge in [-0.2, -0.15) is 0 Å². The third-order valence-electron chi connectivity index (χ3n) is 8.35. The maximum absolute atomic E-state index is 13.0. The van der Waals surface area contributed by atoms with Crippen LogP contribution in [0.25, 0.3) is 0 Å². The molecule has 2 aliphatic rings. The average molecular weight is 593 g/mol. The highest BCUT2D eigenvalue weighted by molar-refractivity contribution is 6.46. The summed E-state index contributed by atoms with van der Waals surface area (Å²) in [5.74, 6) is 0.107. The molecule has 0 bridgehead atoms. The van der Waals surface area contributed by atoms with Crippen molar-refractivity contribution in [2.24, 2.45) is 21.8 Å². The smallest absolute Gasteiger partial charge is 0.281 e. The van der Waals surface area contributed by atoms with Crippen LogP contribution in [-0.4, -0.2) is 64.3 Å². The number of Topliss-reactive ketones (excluding diaryl/α,β-unsaturated/α-hetero) is 2. The van der Waals surface area contributed by atoms with Gasteiger partial charge in [0.25, 0.3) is 23.7 Å². The fraction of sp³-hybridized carbons (Fsp3) is 0.677. The Morgan fingerprint density at radius 1 is 0.581 bits per heavy atom. The van der Waals surface area contributed by atoms with Crippen molar-refractivity contribution in [1.29, 1.82) is 0 Å². The van der Waals surface area contributed by atoms with E-state index in [2.05, 4.69) is 44.2 Å². The van der Waals surface area contributed by atoms with E-state index in [4.69, 9.17) is 0 Å². The van der Waals surface area contributed by atoms with Crippen molar-refractivity contribution >= 4 is 46.7 Å². The van der Waals surface area contributed by atoms with Crippen LogP contribution in [0.5, 0.6) is 0 Å². The maximum Gasteiger partial charge on any atom is 0.281 e. The van der Waals surface area contributed by atoms with E-state index in [0.717, 1.165) is 70.6 Å². The van der Waals surface area contributed by atoms with Crippen molar-refractivity contribution in [3.8, 4) is 0 Å². The number of nitrogens with zero attached hydrogens (tertiary/aromatic N) is 8. The van der Waals surface area contributed by atoms with Crippen molar-refractivity contribution in [2.75, 3.05) is 0 Å². The van der Waals surface area contributed by atoms with E-state index in [0.29, 0.717) is 37.3 Å². The van der Waals surface area contributed by atoms with Gasteiger partial charge in [-0.05, 0) is 39.5 Å². The number of hydrogen-bond donors (Lipinski definition) is 0. The lowest BCUT2D eigenvalue weighted by molar-refractivity contribution is -0.121. The van der Waals surface area contributed by atoms with Crippen LogP contribution in [0, 0.1) is 11.8 Å². The number of unbranched alkanes of at least 4 members (excludes halogenated alkanes) is 8. The van der Waals surface area contributed by atoms with Gasteiger partial charge in [0.05, 0.1) is 11.8 Å². The number of fused-ring (bicyclic) bond motifs is 2. The molecule has 0 spiro atoms. The van der Waals surface area contributed by atoms with E-state index < -0.39 is 11.8 Å². The predicted octanol–water partition coefficient (Wildman–Crippen LogP) is 5.63. The van der Waals surface area contributed by atoms with Gasteiger partial charge in [-0.1, -0.05) is 58.8 Å². The minimum Gasteiger partial charge on any atom is -0.299 e. The SMILES string of the molecule is CCCCCC(=O)[C@@H](C)C1=Nc2nnc(CCCCCCCc3nnc4n3C(=O)C([C@H](C)C(=O)CCCCC)=N4)n2C1=O. The van der Waals surface area contributed by atoms with Crippen LogP contribution in [0.4, 0.5) is 11.9 Å². The van der Waals surface area contributed by atoms with Gasteiger partial charge in [0.2, 0.25) is 0 Å². The summed E-state index contributed by atoms with van der Waals surface area (Å²) >= 11 is 0. The molecule has 0 unspecified atom stereocenters. The van der Waals surface area contributed by atoms with Crippen LogP contribution in [0.3, 0.4) is 0 Å². The molecule has 232 valence electrons. The minimum absolute atomic E-state index is 0.0386. The number of aromatic nitrogens is 6. The molecule has 0 amide bonds.